The Balaban J connectivity index is 1.30. The fourth-order valence-electron chi connectivity index (χ4n) is 7.96. The zero-order valence-electron chi connectivity index (χ0n) is 27.5. The average Bonchev–Trinajstić information content (AvgIpc) is 3.72. The lowest BCUT2D eigenvalue weighted by atomic mass is 9.43. The van der Waals surface area contributed by atoms with Crippen molar-refractivity contribution in [3.05, 3.63) is 29.8 Å². The maximum atomic E-state index is 14.0. The Morgan fingerprint density at radius 2 is 1.82 bits per heavy atom. The second-order valence-corrected chi connectivity index (χ2v) is 14.6. The van der Waals surface area contributed by atoms with Gasteiger partial charge in [-0.1, -0.05) is 39.8 Å². The molecule has 1 aliphatic heterocycles. The zero-order chi connectivity index (χ0) is 31.9. The molecule has 0 unspecified atom stereocenters. The Hall–Kier alpha value is -2.79. The molecule has 44 heavy (non-hydrogen) atoms. The Bertz CT molecular complexity index is 1220. The molecule has 5 aliphatic rings. The van der Waals surface area contributed by atoms with Gasteiger partial charge in [-0.05, 0) is 92.7 Å². The van der Waals surface area contributed by atoms with Crippen molar-refractivity contribution in [3.63, 3.8) is 0 Å². The summed E-state index contributed by atoms with van der Waals surface area (Å²) < 4.78 is 18.7. The molecular weight excluding hydrogens is 557 g/mol. The predicted octanol–water partition coefficient (Wildman–Crippen LogP) is 3.53. The minimum atomic E-state index is -0.732. The number of benzene rings is 1. The zero-order valence-corrected chi connectivity index (χ0v) is 27.5. The molecule has 1 heterocycles. The molecule has 6 atom stereocenters. The third-order valence-electron chi connectivity index (χ3n) is 11.0. The minimum Gasteiger partial charge on any atom is -0.497 e. The van der Waals surface area contributed by atoms with Crippen molar-refractivity contribution in [2.45, 2.75) is 109 Å². The molecule has 6 rings (SSSR count). The van der Waals surface area contributed by atoms with Crippen molar-refractivity contribution in [2.24, 2.45) is 23.2 Å². The SMILES string of the molecule is CNC(=N)NCCC[C@H](NC(=O)C1(c2ccc(OC)cc2)CC1)C(=O)N[C@@H](CC(C)C)B1O[C@@H]2C[C@@H]3C[C@@H](C3(C)C)[C@]2(C)O1. The molecular formula is C33H52BN5O5. The lowest BCUT2D eigenvalue weighted by Gasteiger charge is -2.64. The number of hydrogen-bond acceptors (Lipinski definition) is 6. The first-order valence-corrected chi connectivity index (χ1v) is 16.4. The quantitative estimate of drug-likeness (QED) is 0.100. The van der Waals surface area contributed by atoms with Crippen molar-refractivity contribution in [1.82, 2.24) is 21.3 Å². The highest BCUT2D eigenvalue weighted by Gasteiger charge is 2.68. The van der Waals surface area contributed by atoms with Crippen LogP contribution < -0.4 is 26.0 Å². The van der Waals surface area contributed by atoms with Gasteiger partial charge in [0, 0.05) is 13.6 Å². The molecule has 1 saturated heterocycles. The first-order chi connectivity index (χ1) is 20.8. The van der Waals surface area contributed by atoms with Crippen molar-refractivity contribution in [2.75, 3.05) is 20.7 Å². The number of carbonyl (C=O) groups is 2. The third-order valence-corrected chi connectivity index (χ3v) is 11.0. The Morgan fingerprint density at radius 1 is 1.11 bits per heavy atom. The summed E-state index contributed by atoms with van der Waals surface area (Å²) in [6.45, 7) is 11.7. The fraction of sp³-hybridized carbons (Fsp3) is 0.727. The lowest BCUT2D eigenvalue weighted by molar-refractivity contribution is -0.199. The van der Waals surface area contributed by atoms with Crippen LogP contribution in [0, 0.1) is 28.6 Å². The largest absolute Gasteiger partial charge is 0.497 e. The van der Waals surface area contributed by atoms with Crippen molar-refractivity contribution < 1.29 is 23.6 Å². The number of guanidine groups is 1. The summed E-state index contributed by atoms with van der Waals surface area (Å²) in [5, 5.41) is 19.9. The van der Waals surface area contributed by atoms with Crippen molar-refractivity contribution in [1.29, 1.82) is 5.41 Å². The number of ether oxygens (including phenoxy) is 1. The number of nitrogens with one attached hydrogen (secondary N) is 5. The van der Waals surface area contributed by atoms with Crippen LogP contribution in [0.25, 0.3) is 0 Å². The van der Waals surface area contributed by atoms with E-state index in [2.05, 4.69) is 55.9 Å². The normalized spacial score (nSPS) is 28.6. The van der Waals surface area contributed by atoms with E-state index >= 15 is 0 Å². The summed E-state index contributed by atoms with van der Waals surface area (Å²) in [6, 6.07) is 6.89. The van der Waals surface area contributed by atoms with E-state index in [1.165, 1.54) is 6.42 Å². The number of carbonyl (C=O) groups excluding carboxylic acids is 2. The molecule has 1 aromatic carbocycles. The Morgan fingerprint density at radius 3 is 2.41 bits per heavy atom. The van der Waals surface area contributed by atoms with Gasteiger partial charge in [0.05, 0.1) is 30.2 Å². The Labute approximate surface area is 263 Å². The van der Waals surface area contributed by atoms with Gasteiger partial charge in [-0.2, -0.15) is 0 Å². The molecule has 1 aromatic rings. The van der Waals surface area contributed by atoms with Gasteiger partial charge in [0.15, 0.2) is 5.96 Å². The van der Waals surface area contributed by atoms with Crippen LogP contribution >= 0.6 is 0 Å². The summed E-state index contributed by atoms with van der Waals surface area (Å²) in [5.74, 6) is 1.65. The van der Waals surface area contributed by atoms with E-state index in [4.69, 9.17) is 19.5 Å². The van der Waals surface area contributed by atoms with E-state index in [0.717, 1.165) is 30.6 Å². The fourth-order valence-corrected chi connectivity index (χ4v) is 7.96. The van der Waals surface area contributed by atoms with Crippen LogP contribution in [0.5, 0.6) is 5.75 Å². The van der Waals surface area contributed by atoms with Gasteiger partial charge in [-0.15, -0.1) is 0 Å². The molecule has 2 bridgehead atoms. The molecule has 242 valence electrons. The molecule has 0 aromatic heterocycles. The van der Waals surface area contributed by atoms with Crippen molar-refractivity contribution >= 4 is 24.9 Å². The van der Waals surface area contributed by atoms with Crippen molar-refractivity contribution in [3.8, 4) is 5.75 Å². The van der Waals surface area contributed by atoms with E-state index in [0.29, 0.717) is 43.6 Å². The van der Waals surface area contributed by atoms with Gasteiger partial charge in [-0.3, -0.25) is 15.0 Å². The van der Waals surface area contributed by atoms with E-state index < -0.39 is 18.6 Å². The molecule has 4 saturated carbocycles. The van der Waals surface area contributed by atoms with Crippen LogP contribution in [0.4, 0.5) is 0 Å². The van der Waals surface area contributed by atoms with Crippen LogP contribution in [0.1, 0.15) is 85.1 Å². The van der Waals surface area contributed by atoms with Crippen LogP contribution in [-0.2, 0) is 24.3 Å². The summed E-state index contributed by atoms with van der Waals surface area (Å²) in [4.78, 5) is 27.8. The molecule has 0 spiro atoms. The Kier molecular flexibility index (Phi) is 9.29. The summed E-state index contributed by atoms with van der Waals surface area (Å²) in [7, 11) is 2.77. The highest BCUT2D eigenvalue weighted by atomic mass is 16.7. The average molecular weight is 610 g/mol. The van der Waals surface area contributed by atoms with E-state index in [1.54, 1.807) is 14.2 Å². The highest BCUT2D eigenvalue weighted by molar-refractivity contribution is 6.48. The second kappa shape index (κ2) is 12.5. The number of methoxy groups -OCH3 is 1. The monoisotopic (exact) mass is 609 g/mol. The highest BCUT2D eigenvalue weighted by Crippen LogP contribution is 2.65. The first-order valence-electron chi connectivity index (χ1n) is 16.4. The molecule has 4 aliphatic carbocycles. The van der Waals surface area contributed by atoms with Crippen LogP contribution in [0.3, 0.4) is 0 Å². The predicted molar refractivity (Wildman–Crippen MR) is 171 cm³/mol. The van der Waals surface area contributed by atoms with Gasteiger partial charge in [0.1, 0.15) is 11.8 Å². The molecule has 11 heteroatoms. The third kappa shape index (κ3) is 6.19. The molecule has 5 N–H and O–H groups in total. The molecule has 2 amide bonds. The van der Waals surface area contributed by atoms with Gasteiger partial charge in [0.2, 0.25) is 11.8 Å². The van der Waals surface area contributed by atoms with Gasteiger partial charge >= 0.3 is 7.12 Å². The maximum Gasteiger partial charge on any atom is 0.481 e. The van der Waals surface area contributed by atoms with Gasteiger partial charge in [0.25, 0.3) is 0 Å². The number of rotatable bonds is 13. The van der Waals surface area contributed by atoms with Gasteiger partial charge < -0.3 is 35.3 Å². The van der Waals surface area contributed by atoms with Gasteiger partial charge in [-0.25, -0.2) is 0 Å². The summed E-state index contributed by atoms with van der Waals surface area (Å²) in [6.07, 6.45) is 5.38. The number of amides is 2. The molecule has 5 fully saturated rings. The maximum absolute atomic E-state index is 14.0. The standard InChI is InChI=1S/C33H52BN5O5/c1-20(2)17-27(34-43-26-19-22-18-25(31(22,3)4)32(26,5)44-34)39-28(40)24(9-8-16-37-30(35)36-6)38-29(41)33(14-15-33)21-10-12-23(42-7)13-11-21/h10-13,20,22,24-27H,8-9,14-19H2,1-7H3,(H,38,41)(H,39,40)(H3,35,36,37)/t22-,24-,25-,26+,27-,32-/m0/s1. The summed E-state index contributed by atoms with van der Waals surface area (Å²) in [5.41, 5.74) is 0.165. The van der Waals surface area contributed by atoms with E-state index in [9.17, 15) is 9.59 Å². The number of hydrogen-bond donors (Lipinski definition) is 5. The van der Waals surface area contributed by atoms with Crippen LogP contribution in [0.15, 0.2) is 24.3 Å². The lowest BCUT2D eigenvalue weighted by Crippen LogP contribution is -2.65. The topological polar surface area (TPSA) is 134 Å². The minimum absolute atomic E-state index is 0.0270. The summed E-state index contributed by atoms with van der Waals surface area (Å²) >= 11 is 0. The van der Waals surface area contributed by atoms with E-state index in [-0.39, 0.29) is 40.8 Å². The molecule has 0 radical (unpaired) electrons. The van der Waals surface area contributed by atoms with Crippen LogP contribution in [0.2, 0.25) is 0 Å². The molecule has 10 nitrogen and oxygen atoms in total. The second-order valence-electron chi connectivity index (χ2n) is 14.6. The first kappa shape index (κ1) is 32.6. The smallest absolute Gasteiger partial charge is 0.481 e. The van der Waals surface area contributed by atoms with Crippen LogP contribution in [-0.4, -0.2) is 69.3 Å². The van der Waals surface area contributed by atoms with E-state index in [1.807, 2.05) is 24.3 Å².